The number of rotatable bonds is 16. The van der Waals surface area contributed by atoms with Crippen molar-refractivity contribution in [3.63, 3.8) is 0 Å². The lowest BCUT2D eigenvalue weighted by Gasteiger charge is -2.17. The number of hydrogen-bond acceptors (Lipinski definition) is 6. The van der Waals surface area contributed by atoms with Gasteiger partial charge in [-0.25, -0.2) is 4.79 Å². The molecule has 2 aromatic rings. The van der Waals surface area contributed by atoms with Gasteiger partial charge in [0.2, 0.25) is 0 Å². The van der Waals surface area contributed by atoms with E-state index in [1.807, 2.05) is 69.3 Å². The molecule has 0 saturated carbocycles. The van der Waals surface area contributed by atoms with Crippen LogP contribution >= 0.6 is 0 Å². The molecule has 0 radical (unpaired) electrons. The van der Waals surface area contributed by atoms with E-state index < -0.39 is 5.97 Å². The fourth-order valence-electron chi connectivity index (χ4n) is 2.88. The standard InChI is InChI=1S/C24H34O6.C6H6/c1-6-10-12-19(5)14-20-15-21(29-17-26-8-3)16-22(30-18-27-9-4)23(20)24(25)28-13-11-7-2;1-2-4-6-5-3-1/h7,10,12,15-16H,2,5-6,8-9,11,13-14,17-18H2,1,3-4H3;1-6H/b12-10+;. The third kappa shape index (κ3) is 12.9. The number of hydrogen-bond donors (Lipinski definition) is 0. The van der Waals surface area contributed by atoms with Gasteiger partial charge >= 0.3 is 5.97 Å². The lowest BCUT2D eigenvalue weighted by Crippen LogP contribution is -2.14. The van der Waals surface area contributed by atoms with Crippen LogP contribution in [0.5, 0.6) is 11.5 Å². The molecular weight excluding hydrogens is 456 g/mol. The number of carbonyl (C=O) groups excluding carboxylic acids is 1. The molecule has 36 heavy (non-hydrogen) atoms. The van der Waals surface area contributed by atoms with E-state index in [0.717, 1.165) is 12.0 Å². The summed E-state index contributed by atoms with van der Waals surface area (Å²) in [4.78, 5) is 12.9. The van der Waals surface area contributed by atoms with E-state index in [-0.39, 0.29) is 20.2 Å². The maximum atomic E-state index is 12.9. The zero-order chi connectivity index (χ0) is 26.4. The second-order valence-corrected chi connectivity index (χ2v) is 7.48. The van der Waals surface area contributed by atoms with Crippen LogP contribution in [0.2, 0.25) is 0 Å². The van der Waals surface area contributed by atoms with Gasteiger partial charge in [0, 0.05) is 19.3 Å². The fraction of sp³-hybridized carbons (Fsp3) is 0.367. The highest BCUT2D eigenvalue weighted by molar-refractivity contribution is 5.94. The van der Waals surface area contributed by atoms with Crippen molar-refractivity contribution < 1.29 is 28.5 Å². The Balaban J connectivity index is 0.000000936. The van der Waals surface area contributed by atoms with E-state index in [1.165, 1.54) is 0 Å². The average Bonchev–Trinajstić information content (AvgIpc) is 2.89. The molecular formula is C30H40O6. The molecule has 0 bridgehead atoms. The summed E-state index contributed by atoms with van der Waals surface area (Å²) < 4.78 is 27.4. The summed E-state index contributed by atoms with van der Waals surface area (Å²) in [6.45, 7) is 14.9. The zero-order valence-electron chi connectivity index (χ0n) is 21.9. The highest BCUT2D eigenvalue weighted by Gasteiger charge is 2.22. The molecule has 2 rings (SSSR count). The van der Waals surface area contributed by atoms with Crippen LogP contribution < -0.4 is 9.47 Å². The number of allylic oxidation sites excluding steroid dienone is 3. The minimum atomic E-state index is -0.470. The fourth-order valence-corrected chi connectivity index (χ4v) is 2.88. The topological polar surface area (TPSA) is 63.2 Å². The Morgan fingerprint density at radius 2 is 1.53 bits per heavy atom. The molecule has 0 aliphatic carbocycles. The van der Waals surface area contributed by atoms with Crippen LogP contribution in [0, 0.1) is 0 Å². The Labute approximate surface area is 216 Å². The molecule has 0 heterocycles. The first-order chi connectivity index (χ1) is 17.6. The highest BCUT2D eigenvalue weighted by Crippen LogP contribution is 2.32. The van der Waals surface area contributed by atoms with Crippen molar-refractivity contribution in [2.24, 2.45) is 0 Å². The molecule has 0 unspecified atom stereocenters. The SMILES string of the molecule is C=CCCOC(=O)c1c(CC(=C)/C=C/CC)cc(OCOCC)cc1OCOCC.c1ccccc1. The van der Waals surface area contributed by atoms with Crippen LogP contribution in [0.25, 0.3) is 0 Å². The molecule has 6 nitrogen and oxygen atoms in total. The van der Waals surface area contributed by atoms with Crippen molar-refractivity contribution in [2.45, 2.75) is 40.0 Å². The van der Waals surface area contributed by atoms with Gasteiger partial charge in [-0.15, -0.1) is 6.58 Å². The third-order valence-electron chi connectivity index (χ3n) is 4.60. The van der Waals surface area contributed by atoms with Gasteiger partial charge in [0.15, 0.2) is 13.6 Å². The number of carbonyl (C=O) groups is 1. The lowest BCUT2D eigenvalue weighted by atomic mass is 9.98. The summed E-state index contributed by atoms with van der Waals surface area (Å²) in [5.41, 5.74) is 1.90. The van der Waals surface area contributed by atoms with E-state index in [9.17, 15) is 4.79 Å². The summed E-state index contributed by atoms with van der Waals surface area (Å²) in [7, 11) is 0. The lowest BCUT2D eigenvalue weighted by molar-refractivity contribution is 0.0171. The maximum absolute atomic E-state index is 12.9. The largest absolute Gasteiger partial charge is 0.467 e. The molecule has 0 fully saturated rings. The number of ether oxygens (including phenoxy) is 5. The molecule has 0 aliphatic heterocycles. The van der Waals surface area contributed by atoms with Crippen molar-refractivity contribution in [3.05, 3.63) is 96.6 Å². The Bertz CT molecular complexity index is 894. The molecule has 0 saturated heterocycles. The molecule has 0 aliphatic rings. The first kappa shape index (κ1) is 30.7. The predicted molar refractivity (Wildman–Crippen MR) is 144 cm³/mol. The van der Waals surface area contributed by atoms with Crippen LogP contribution in [-0.2, 0) is 20.6 Å². The van der Waals surface area contributed by atoms with Crippen molar-refractivity contribution >= 4 is 5.97 Å². The van der Waals surface area contributed by atoms with Gasteiger partial charge < -0.3 is 23.7 Å². The van der Waals surface area contributed by atoms with E-state index in [2.05, 4.69) is 13.2 Å². The molecule has 0 aromatic heterocycles. The second-order valence-electron chi connectivity index (χ2n) is 7.48. The quantitative estimate of drug-likeness (QED) is 0.0827. The van der Waals surface area contributed by atoms with E-state index in [1.54, 1.807) is 18.2 Å². The first-order valence-corrected chi connectivity index (χ1v) is 12.3. The highest BCUT2D eigenvalue weighted by atomic mass is 16.7. The van der Waals surface area contributed by atoms with Gasteiger partial charge in [-0.2, -0.15) is 0 Å². The summed E-state index contributed by atoms with van der Waals surface area (Å²) in [6, 6.07) is 15.4. The summed E-state index contributed by atoms with van der Waals surface area (Å²) in [5, 5.41) is 0. The van der Waals surface area contributed by atoms with Crippen molar-refractivity contribution in [1.29, 1.82) is 0 Å². The Morgan fingerprint density at radius 1 is 0.917 bits per heavy atom. The van der Waals surface area contributed by atoms with Crippen molar-refractivity contribution in [3.8, 4) is 11.5 Å². The zero-order valence-corrected chi connectivity index (χ0v) is 21.9. The predicted octanol–water partition coefficient (Wildman–Crippen LogP) is 6.92. The summed E-state index contributed by atoms with van der Waals surface area (Å²) in [6.07, 6.45) is 7.57. The van der Waals surface area contributed by atoms with Crippen molar-refractivity contribution in [1.82, 2.24) is 0 Å². The van der Waals surface area contributed by atoms with Gasteiger partial charge in [-0.05, 0) is 44.7 Å². The monoisotopic (exact) mass is 496 g/mol. The number of benzene rings is 2. The third-order valence-corrected chi connectivity index (χ3v) is 4.60. The van der Waals surface area contributed by atoms with E-state index in [0.29, 0.717) is 48.7 Å². The van der Waals surface area contributed by atoms with Crippen LogP contribution in [0.15, 0.2) is 85.5 Å². The summed E-state index contributed by atoms with van der Waals surface area (Å²) in [5.74, 6) is 0.394. The average molecular weight is 497 g/mol. The molecule has 0 atom stereocenters. The van der Waals surface area contributed by atoms with Gasteiger partial charge in [-0.3, -0.25) is 0 Å². The minimum absolute atomic E-state index is 0.00841. The maximum Gasteiger partial charge on any atom is 0.342 e. The van der Waals surface area contributed by atoms with Crippen LogP contribution in [0.4, 0.5) is 0 Å². The molecule has 0 amide bonds. The molecule has 0 N–H and O–H groups in total. The van der Waals surface area contributed by atoms with E-state index >= 15 is 0 Å². The van der Waals surface area contributed by atoms with Gasteiger partial charge in [0.1, 0.15) is 17.1 Å². The van der Waals surface area contributed by atoms with Crippen LogP contribution in [-0.4, -0.2) is 39.4 Å². The van der Waals surface area contributed by atoms with Gasteiger partial charge in [0.25, 0.3) is 0 Å². The van der Waals surface area contributed by atoms with Crippen LogP contribution in [0.3, 0.4) is 0 Å². The summed E-state index contributed by atoms with van der Waals surface area (Å²) >= 11 is 0. The van der Waals surface area contributed by atoms with Gasteiger partial charge in [-0.1, -0.05) is 73.7 Å². The minimum Gasteiger partial charge on any atom is -0.467 e. The first-order valence-electron chi connectivity index (χ1n) is 12.3. The number of esters is 1. The molecule has 2 aromatic carbocycles. The van der Waals surface area contributed by atoms with E-state index in [4.69, 9.17) is 23.7 Å². The van der Waals surface area contributed by atoms with Crippen molar-refractivity contribution in [2.75, 3.05) is 33.4 Å². The molecule has 196 valence electrons. The van der Waals surface area contributed by atoms with Crippen LogP contribution in [0.1, 0.15) is 49.5 Å². The second kappa shape index (κ2) is 19.9. The molecule has 0 spiro atoms. The Kier molecular flexibility index (Phi) is 17.0. The smallest absolute Gasteiger partial charge is 0.342 e. The Morgan fingerprint density at radius 3 is 2.08 bits per heavy atom. The van der Waals surface area contributed by atoms with Gasteiger partial charge in [0.05, 0.1) is 6.61 Å². The molecule has 6 heteroatoms. The Hall–Kier alpha value is -3.35. The normalized spacial score (nSPS) is 10.3.